The van der Waals surface area contributed by atoms with Crippen LogP contribution in [0, 0.1) is 5.41 Å². The van der Waals surface area contributed by atoms with Crippen molar-refractivity contribution in [1.82, 2.24) is 25.3 Å². The van der Waals surface area contributed by atoms with Crippen LogP contribution in [-0.2, 0) is 23.9 Å². The minimum absolute atomic E-state index is 0.0472. The molecule has 3 aliphatic heterocycles. The number of carbonyl (C=O) groups excluding carboxylic acids is 5. The number of ether oxygens (including phenoxy) is 2. The van der Waals surface area contributed by atoms with Gasteiger partial charge in [0.1, 0.15) is 29.5 Å². The summed E-state index contributed by atoms with van der Waals surface area (Å²) in [7, 11) is 1.46. The third-order valence-corrected chi connectivity index (χ3v) is 8.66. The third kappa shape index (κ3) is 7.88. The second kappa shape index (κ2) is 13.3. The van der Waals surface area contributed by atoms with Gasteiger partial charge in [0, 0.05) is 43.6 Å². The first-order valence-corrected chi connectivity index (χ1v) is 15.9. The summed E-state index contributed by atoms with van der Waals surface area (Å²) in [6, 6.07) is 4.28. The van der Waals surface area contributed by atoms with Gasteiger partial charge >= 0.3 is 6.09 Å². The fraction of sp³-hybridized carbons (Fsp3) is 0.667. The van der Waals surface area contributed by atoms with Crippen molar-refractivity contribution in [2.75, 3.05) is 26.7 Å². The number of amides is 5. The van der Waals surface area contributed by atoms with Crippen LogP contribution in [0.15, 0.2) is 24.3 Å². The first kappa shape index (κ1) is 34.1. The monoisotopic (exact) mass is 627 g/mol. The Hall–Kier alpha value is -3.83. The average Bonchev–Trinajstić information content (AvgIpc) is 3.38. The van der Waals surface area contributed by atoms with E-state index in [9.17, 15) is 24.0 Å². The van der Waals surface area contributed by atoms with E-state index >= 15 is 0 Å². The molecule has 0 radical (unpaired) electrons. The zero-order chi connectivity index (χ0) is 33.3. The minimum atomic E-state index is -1.11. The molecule has 4 rings (SSSR count). The molecule has 0 spiro atoms. The standard InChI is InChI=1S/C33H49N5O7/c1-20(36(8)31(43)45-33(5,6)7)27(39)35-24-19-37(30(42)32(2,3)4)17-15-21-13-14-25(38(21)29(24)41)28(40)34-23-16-18-44-26-12-10-9-11-22(23)26/h9-12,20-21,23-25H,13-19H2,1-8H3,(H,34,40)(H,35,39)/t20-,21+,23+,24-,25-/m0/s1. The number of likely N-dealkylation sites (N-methyl/N-ethyl adjacent to an activating group) is 1. The maximum Gasteiger partial charge on any atom is 0.410 e. The van der Waals surface area contributed by atoms with Gasteiger partial charge in [-0.05, 0) is 53.0 Å². The molecule has 0 aromatic heterocycles. The van der Waals surface area contributed by atoms with Crippen LogP contribution in [0.5, 0.6) is 5.75 Å². The maximum atomic E-state index is 14.3. The molecule has 1 aromatic carbocycles. The molecule has 248 valence electrons. The van der Waals surface area contributed by atoms with Gasteiger partial charge in [-0.3, -0.25) is 24.1 Å². The van der Waals surface area contributed by atoms with Gasteiger partial charge in [-0.25, -0.2) is 4.79 Å². The lowest BCUT2D eigenvalue weighted by atomic mass is 9.93. The molecule has 1 aromatic rings. The van der Waals surface area contributed by atoms with E-state index in [0.717, 1.165) is 11.3 Å². The fourth-order valence-corrected chi connectivity index (χ4v) is 6.12. The molecule has 2 fully saturated rings. The van der Waals surface area contributed by atoms with Crippen LogP contribution in [-0.4, -0.2) is 101 Å². The molecule has 2 N–H and O–H groups in total. The molecule has 3 heterocycles. The Morgan fingerprint density at radius 2 is 1.67 bits per heavy atom. The van der Waals surface area contributed by atoms with Crippen molar-refractivity contribution in [2.45, 2.75) is 110 Å². The summed E-state index contributed by atoms with van der Waals surface area (Å²) in [5.74, 6) is -0.637. The highest BCUT2D eigenvalue weighted by Crippen LogP contribution is 2.34. The Kier molecular flexibility index (Phi) is 10.0. The Morgan fingerprint density at radius 3 is 2.33 bits per heavy atom. The molecule has 2 saturated heterocycles. The van der Waals surface area contributed by atoms with Crippen molar-refractivity contribution in [3.8, 4) is 5.75 Å². The van der Waals surface area contributed by atoms with Crippen molar-refractivity contribution in [2.24, 2.45) is 5.41 Å². The van der Waals surface area contributed by atoms with Crippen LogP contribution in [0.2, 0.25) is 0 Å². The highest BCUT2D eigenvalue weighted by atomic mass is 16.6. The number of carbonyl (C=O) groups is 5. The van der Waals surface area contributed by atoms with Crippen molar-refractivity contribution in [3.63, 3.8) is 0 Å². The number of nitrogens with zero attached hydrogens (tertiary/aromatic N) is 3. The van der Waals surface area contributed by atoms with Crippen LogP contribution in [0.4, 0.5) is 4.79 Å². The lowest BCUT2D eigenvalue weighted by molar-refractivity contribution is -0.149. The van der Waals surface area contributed by atoms with E-state index in [4.69, 9.17) is 9.47 Å². The summed E-state index contributed by atoms with van der Waals surface area (Å²) in [6.07, 6.45) is 1.53. The Labute approximate surface area is 266 Å². The molecule has 3 aliphatic rings. The largest absolute Gasteiger partial charge is 0.493 e. The summed E-state index contributed by atoms with van der Waals surface area (Å²) in [4.78, 5) is 72.1. The van der Waals surface area contributed by atoms with Gasteiger partial charge < -0.3 is 29.9 Å². The van der Waals surface area contributed by atoms with Gasteiger partial charge in [-0.2, -0.15) is 0 Å². The molecule has 0 saturated carbocycles. The van der Waals surface area contributed by atoms with E-state index < -0.39 is 47.0 Å². The smallest absolute Gasteiger partial charge is 0.410 e. The molecular weight excluding hydrogens is 578 g/mol. The molecule has 12 nitrogen and oxygen atoms in total. The van der Waals surface area contributed by atoms with Crippen LogP contribution in [0.25, 0.3) is 0 Å². The number of hydrogen-bond acceptors (Lipinski definition) is 7. The van der Waals surface area contributed by atoms with Gasteiger partial charge in [-0.1, -0.05) is 39.0 Å². The predicted octanol–water partition coefficient (Wildman–Crippen LogP) is 3.00. The molecule has 0 bridgehead atoms. The summed E-state index contributed by atoms with van der Waals surface area (Å²) in [5, 5.41) is 5.97. The first-order valence-electron chi connectivity index (χ1n) is 15.9. The number of nitrogens with one attached hydrogen (secondary N) is 2. The van der Waals surface area contributed by atoms with E-state index in [-0.39, 0.29) is 30.4 Å². The van der Waals surface area contributed by atoms with Crippen LogP contribution < -0.4 is 15.4 Å². The Morgan fingerprint density at radius 1 is 0.978 bits per heavy atom. The summed E-state index contributed by atoms with van der Waals surface area (Å²) in [6.45, 7) is 13.0. The molecule has 12 heteroatoms. The number of benzene rings is 1. The van der Waals surface area contributed by atoms with Crippen LogP contribution in [0.3, 0.4) is 0 Å². The second-order valence-corrected chi connectivity index (χ2v) is 14.3. The van der Waals surface area contributed by atoms with Gasteiger partial charge in [0.05, 0.1) is 12.6 Å². The van der Waals surface area contributed by atoms with Crippen molar-refractivity contribution < 1.29 is 33.4 Å². The zero-order valence-electron chi connectivity index (χ0n) is 27.8. The van der Waals surface area contributed by atoms with Crippen molar-refractivity contribution in [1.29, 1.82) is 0 Å². The number of fused-ring (bicyclic) bond motifs is 2. The van der Waals surface area contributed by atoms with Gasteiger partial charge in [0.15, 0.2) is 0 Å². The normalized spacial score (nSPS) is 24.2. The van der Waals surface area contributed by atoms with Gasteiger partial charge in [0.25, 0.3) is 0 Å². The van der Waals surface area contributed by atoms with Crippen LogP contribution in [0.1, 0.15) is 85.8 Å². The van der Waals surface area contributed by atoms with E-state index in [2.05, 4.69) is 10.6 Å². The quantitative estimate of drug-likeness (QED) is 0.512. The van der Waals surface area contributed by atoms with E-state index in [0.29, 0.717) is 38.8 Å². The number of rotatable bonds is 5. The number of hydrogen-bond donors (Lipinski definition) is 2. The van der Waals surface area contributed by atoms with Crippen LogP contribution >= 0.6 is 0 Å². The molecule has 5 amide bonds. The number of para-hydroxylation sites is 1. The summed E-state index contributed by atoms with van der Waals surface area (Å²) < 4.78 is 11.2. The predicted molar refractivity (Wildman–Crippen MR) is 167 cm³/mol. The molecular formula is C33H49N5O7. The topological polar surface area (TPSA) is 138 Å². The summed E-state index contributed by atoms with van der Waals surface area (Å²) in [5.41, 5.74) is -0.549. The van der Waals surface area contributed by atoms with E-state index in [1.807, 2.05) is 45.0 Å². The van der Waals surface area contributed by atoms with Crippen molar-refractivity contribution in [3.05, 3.63) is 29.8 Å². The molecule has 0 unspecified atom stereocenters. The summed E-state index contributed by atoms with van der Waals surface area (Å²) >= 11 is 0. The molecule has 0 aliphatic carbocycles. The van der Waals surface area contributed by atoms with Crippen molar-refractivity contribution >= 4 is 29.7 Å². The van der Waals surface area contributed by atoms with E-state index in [1.54, 1.807) is 37.5 Å². The fourth-order valence-electron chi connectivity index (χ4n) is 6.12. The second-order valence-electron chi connectivity index (χ2n) is 14.3. The van der Waals surface area contributed by atoms with Gasteiger partial charge in [0.2, 0.25) is 23.6 Å². The zero-order valence-corrected chi connectivity index (χ0v) is 27.8. The van der Waals surface area contributed by atoms with E-state index in [1.165, 1.54) is 11.9 Å². The third-order valence-electron chi connectivity index (χ3n) is 8.66. The Bertz CT molecular complexity index is 1300. The lowest BCUT2D eigenvalue weighted by Crippen LogP contribution is -2.63. The highest BCUT2D eigenvalue weighted by Gasteiger charge is 2.47. The Balaban J connectivity index is 1.56. The molecule has 45 heavy (non-hydrogen) atoms. The average molecular weight is 628 g/mol. The highest BCUT2D eigenvalue weighted by molar-refractivity contribution is 5.95. The lowest BCUT2D eigenvalue weighted by Gasteiger charge is -2.41. The maximum absolute atomic E-state index is 14.3. The first-order chi connectivity index (χ1) is 21.0. The SMILES string of the molecule is C[C@@H](C(=O)N[C@H]1CN(C(=O)C(C)(C)C)CC[C@H]2CC[C@@H](C(=O)N[C@@H]3CCOc4ccccc43)N2C1=O)N(C)C(=O)OC(C)(C)C. The van der Waals surface area contributed by atoms with Gasteiger partial charge in [-0.15, -0.1) is 0 Å². The minimum Gasteiger partial charge on any atom is -0.493 e. The molecule has 5 atom stereocenters.